The highest BCUT2D eigenvalue weighted by molar-refractivity contribution is 5.97. The first-order valence-corrected chi connectivity index (χ1v) is 5.21. The number of anilines is 1. The number of nitrogens with zero attached hydrogens (tertiary/aromatic N) is 2. The Balaban J connectivity index is 2.07. The van der Waals surface area contributed by atoms with Crippen LogP contribution in [0.25, 0.3) is 11.0 Å². The predicted molar refractivity (Wildman–Crippen MR) is 59.2 cm³/mol. The average Bonchev–Trinajstić information content (AvgIpc) is 2.67. The molecule has 1 aliphatic rings. The summed E-state index contributed by atoms with van der Waals surface area (Å²) in [7, 11) is 0. The van der Waals surface area contributed by atoms with Crippen LogP contribution in [0.15, 0.2) is 22.7 Å². The Bertz CT molecular complexity index is 586. The second-order valence-corrected chi connectivity index (χ2v) is 4.08. The van der Waals surface area contributed by atoms with Crippen molar-refractivity contribution in [2.24, 2.45) is 0 Å². The van der Waals surface area contributed by atoms with Crippen LogP contribution in [0.5, 0.6) is 0 Å². The van der Waals surface area contributed by atoms with E-state index in [1.54, 1.807) is 6.07 Å². The van der Waals surface area contributed by atoms with Gasteiger partial charge in [-0.3, -0.25) is 0 Å². The Morgan fingerprint density at radius 1 is 1.47 bits per heavy atom. The molecule has 1 saturated heterocycles. The van der Waals surface area contributed by atoms with Crippen LogP contribution >= 0.6 is 0 Å². The van der Waals surface area contributed by atoms with Gasteiger partial charge in [0.2, 0.25) is 0 Å². The van der Waals surface area contributed by atoms with Gasteiger partial charge in [0.05, 0.1) is 17.1 Å². The second-order valence-electron chi connectivity index (χ2n) is 4.08. The quantitative estimate of drug-likeness (QED) is 0.795. The SMILES string of the molecule is O=C(O)c1ccc2onc(N3CC(O)C3)c2c1. The third-order valence-corrected chi connectivity index (χ3v) is 2.86. The minimum absolute atomic E-state index is 0.197. The molecular formula is C11H10N2O4. The molecule has 0 saturated carbocycles. The number of aliphatic hydroxyl groups excluding tert-OH is 1. The first kappa shape index (κ1) is 10.1. The lowest BCUT2D eigenvalue weighted by Gasteiger charge is -2.35. The van der Waals surface area contributed by atoms with Crippen LogP contribution in [-0.4, -0.2) is 40.5 Å². The van der Waals surface area contributed by atoms with Gasteiger partial charge in [0.15, 0.2) is 11.4 Å². The third kappa shape index (κ3) is 1.53. The van der Waals surface area contributed by atoms with E-state index >= 15 is 0 Å². The van der Waals surface area contributed by atoms with Gasteiger partial charge in [0, 0.05) is 13.1 Å². The fourth-order valence-electron chi connectivity index (χ4n) is 1.92. The highest BCUT2D eigenvalue weighted by atomic mass is 16.5. The molecule has 1 aromatic heterocycles. The van der Waals surface area contributed by atoms with Gasteiger partial charge in [-0.1, -0.05) is 5.16 Å². The topological polar surface area (TPSA) is 86.8 Å². The van der Waals surface area contributed by atoms with Crippen molar-refractivity contribution in [2.45, 2.75) is 6.10 Å². The van der Waals surface area contributed by atoms with E-state index < -0.39 is 5.97 Å². The summed E-state index contributed by atoms with van der Waals surface area (Å²) in [6, 6.07) is 4.60. The van der Waals surface area contributed by atoms with Gasteiger partial charge in [-0.05, 0) is 18.2 Å². The molecule has 0 unspecified atom stereocenters. The van der Waals surface area contributed by atoms with E-state index in [9.17, 15) is 9.90 Å². The molecule has 17 heavy (non-hydrogen) atoms. The van der Waals surface area contributed by atoms with Crippen molar-refractivity contribution >= 4 is 22.8 Å². The number of rotatable bonds is 2. The molecule has 6 heteroatoms. The highest BCUT2D eigenvalue weighted by Gasteiger charge is 2.28. The zero-order valence-electron chi connectivity index (χ0n) is 8.83. The maximum Gasteiger partial charge on any atom is 0.335 e. The summed E-state index contributed by atoms with van der Waals surface area (Å²) >= 11 is 0. The summed E-state index contributed by atoms with van der Waals surface area (Å²) in [5, 5.41) is 22.7. The fourth-order valence-corrected chi connectivity index (χ4v) is 1.92. The third-order valence-electron chi connectivity index (χ3n) is 2.86. The number of aromatic nitrogens is 1. The maximum atomic E-state index is 10.9. The van der Waals surface area contributed by atoms with Crippen LogP contribution < -0.4 is 4.90 Å². The molecule has 1 aromatic carbocycles. The van der Waals surface area contributed by atoms with Crippen LogP contribution in [0.4, 0.5) is 5.82 Å². The summed E-state index contributed by atoms with van der Waals surface area (Å²) in [4.78, 5) is 12.7. The number of carbonyl (C=O) groups is 1. The average molecular weight is 234 g/mol. The Labute approximate surface area is 96.0 Å². The van der Waals surface area contributed by atoms with Crippen molar-refractivity contribution in [1.29, 1.82) is 0 Å². The number of carboxylic acid groups (broad SMARTS) is 1. The van der Waals surface area contributed by atoms with Crippen molar-refractivity contribution in [3.63, 3.8) is 0 Å². The highest BCUT2D eigenvalue weighted by Crippen LogP contribution is 2.29. The number of aromatic carboxylic acids is 1. The fraction of sp³-hybridized carbons (Fsp3) is 0.273. The summed E-state index contributed by atoms with van der Waals surface area (Å²) in [5.41, 5.74) is 0.745. The van der Waals surface area contributed by atoms with Crippen LogP contribution in [-0.2, 0) is 0 Å². The summed E-state index contributed by atoms with van der Waals surface area (Å²) in [5.74, 6) is -0.393. The zero-order chi connectivity index (χ0) is 12.0. The van der Waals surface area contributed by atoms with E-state index in [-0.39, 0.29) is 11.7 Å². The lowest BCUT2D eigenvalue weighted by atomic mass is 10.1. The number of benzene rings is 1. The van der Waals surface area contributed by atoms with Crippen molar-refractivity contribution in [2.75, 3.05) is 18.0 Å². The van der Waals surface area contributed by atoms with Crippen LogP contribution in [0.3, 0.4) is 0 Å². The maximum absolute atomic E-state index is 10.9. The lowest BCUT2D eigenvalue weighted by Crippen LogP contribution is -2.51. The molecule has 0 radical (unpaired) electrons. The smallest absolute Gasteiger partial charge is 0.335 e. The molecule has 2 aromatic rings. The molecule has 0 bridgehead atoms. The number of fused-ring (bicyclic) bond motifs is 1. The number of hydrogen-bond donors (Lipinski definition) is 2. The second kappa shape index (κ2) is 3.46. The predicted octanol–water partition coefficient (Wildman–Crippen LogP) is 0.707. The van der Waals surface area contributed by atoms with Crippen molar-refractivity contribution < 1.29 is 19.5 Å². The Morgan fingerprint density at radius 2 is 2.24 bits per heavy atom. The minimum Gasteiger partial charge on any atom is -0.478 e. The van der Waals surface area contributed by atoms with Crippen molar-refractivity contribution in [3.8, 4) is 0 Å². The van der Waals surface area contributed by atoms with Gasteiger partial charge in [-0.15, -0.1) is 0 Å². The molecule has 6 nitrogen and oxygen atoms in total. The lowest BCUT2D eigenvalue weighted by molar-refractivity contribution is 0.0697. The first-order chi connectivity index (χ1) is 8.15. The van der Waals surface area contributed by atoms with E-state index in [1.165, 1.54) is 12.1 Å². The van der Waals surface area contributed by atoms with Gasteiger partial charge in [-0.25, -0.2) is 4.79 Å². The monoisotopic (exact) mass is 234 g/mol. The largest absolute Gasteiger partial charge is 0.478 e. The molecule has 0 spiro atoms. The minimum atomic E-state index is -0.984. The summed E-state index contributed by atoms with van der Waals surface area (Å²) in [6.45, 7) is 0.998. The van der Waals surface area contributed by atoms with E-state index in [4.69, 9.17) is 9.63 Å². The van der Waals surface area contributed by atoms with E-state index in [2.05, 4.69) is 5.16 Å². The molecule has 2 N–H and O–H groups in total. The van der Waals surface area contributed by atoms with Gasteiger partial charge >= 0.3 is 5.97 Å². The van der Waals surface area contributed by atoms with Gasteiger partial charge in [0.25, 0.3) is 0 Å². The Kier molecular flexibility index (Phi) is 2.05. The number of β-amino-alcohol motifs (C(OH)–C–C–N with tert-alkyl or cyclic N) is 1. The molecule has 3 rings (SSSR count). The van der Waals surface area contributed by atoms with Gasteiger partial charge < -0.3 is 19.6 Å². The Hall–Kier alpha value is -2.08. The molecule has 88 valence electrons. The van der Waals surface area contributed by atoms with Gasteiger partial charge in [-0.2, -0.15) is 0 Å². The molecule has 1 aliphatic heterocycles. The number of aliphatic hydroxyl groups is 1. The van der Waals surface area contributed by atoms with E-state index in [0.717, 1.165) is 0 Å². The zero-order valence-corrected chi connectivity index (χ0v) is 8.83. The van der Waals surface area contributed by atoms with Crippen LogP contribution in [0, 0.1) is 0 Å². The molecule has 0 amide bonds. The molecule has 2 heterocycles. The van der Waals surface area contributed by atoms with Crippen molar-refractivity contribution in [1.82, 2.24) is 5.16 Å². The molecule has 1 fully saturated rings. The summed E-state index contributed by atoms with van der Waals surface area (Å²) in [6.07, 6.45) is -0.343. The first-order valence-electron chi connectivity index (χ1n) is 5.21. The van der Waals surface area contributed by atoms with Crippen molar-refractivity contribution in [3.05, 3.63) is 23.8 Å². The van der Waals surface area contributed by atoms with Crippen LogP contribution in [0.1, 0.15) is 10.4 Å². The van der Waals surface area contributed by atoms with Gasteiger partial charge in [0.1, 0.15) is 0 Å². The molecule has 0 atom stereocenters. The summed E-state index contributed by atoms with van der Waals surface area (Å²) < 4.78 is 5.11. The Morgan fingerprint density at radius 3 is 2.88 bits per heavy atom. The molecular weight excluding hydrogens is 224 g/mol. The number of hydrogen-bond acceptors (Lipinski definition) is 5. The molecule has 0 aliphatic carbocycles. The standard InChI is InChI=1S/C11H10N2O4/c14-7-4-13(5-7)10-8-3-6(11(15)16)1-2-9(8)17-12-10/h1-3,7,14H,4-5H2,(H,15,16). The number of carboxylic acids is 1. The normalized spacial score (nSPS) is 16.2. The van der Waals surface area contributed by atoms with E-state index in [1.807, 2.05) is 4.90 Å². The van der Waals surface area contributed by atoms with Crippen LogP contribution in [0.2, 0.25) is 0 Å². The van der Waals surface area contributed by atoms with E-state index in [0.29, 0.717) is 29.9 Å².